The summed E-state index contributed by atoms with van der Waals surface area (Å²) in [6, 6.07) is 0. The summed E-state index contributed by atoms with van der Waals surface area (Å²) in [4.78, 5) is 22.5. The molecule has 0 saturated carbocycles. The van der Waals surface area contributed by atoms with Crippen molar-refractivity contribution in [2.45, 2.75) is 25.9 Å². The van der Waals surface area contributed by atoms with Crippen LogP contribution in [0, 0.1) is 0 Å². The highest BCUT2D eigenvalue weighted by Crippen LogP contribution is 2.15. The minimum atomic E-state index is -4.42. The Morgan fingerprint density at radius 1 is 1.20 bits per heavy atom. The summed E-state index contributed by atoms with van der Waals surface area (Å²) in [6.07, 6.45) is 0.667. The second kappa shape index (κ2) is 7.79. The van der Waals surface area contributed by atoms with Gasteiger partial charge in [0.25, 0.3) is 0 Å². The number of halogens is 3. The van der Waals surface area contributed by atoms with Crippen LogP contribution in [0.2, 0.25) is 0 Å². The average molecular weight is 361 g/mol. The maximum absolute atomic E-state index is 12.0. The third kappa shape index (κ3) is 6.25. The molecule has 0 aliphatic carbocycles. The van der Waals surface area contributed by atoms with Crippen molar-refractivity contribution in [2.75, 3.05) is 11.9 Å². The first-order valence-corrected chi connectivity index (χ1v) is 6.95. The Hall–Kier alpha value is -2.89. The SMILES string of the molecule is O=C(CCn1cc(C(=O)O)cn1)Nc1cnn(COCC(F)(F)F)c1. The van der Waals surface area contributed by atoms with Crippen LogP contribution in [0.5, 0.6) is 0 Å². The predicted octanol–water partition coefficient (Wildman–Crippen LogP) is 1.34. The van der Waals surface area contributed by atoms with Crippen LogP contribution in [0.1, 0.15) is 16.8 Å². The fraction of sp³-hybridized carbons (Fsp3) is 0.385. The van der Waals surface area contributed by atoms with Crippen molar-refractivity contribution in [1.82, 2.24) is 19.6 Å². The number of carboxylic acids is 1. The fourth-order valence-corrected chi connectivity index (χ4v) is 1.79. The molecular formula is C13H14F3N5O4. The van der Waals surface area contributed by atoms with Gasteiger partial charge in [0.1, 0.15) is 13.3 Å². The molecule has 0 spiro atoms. The third-order valence-electron chi connectivity index (χ3n) is 2.85. The van der Waals surface area contributed by atoms with Gasteiger partial charge in [0.2, 0.25) is 5.91 Å². The van der Waals surface area contributed by atoms with Gasteiger partial charge in [-0.3, -0.25) is 9.48 Å². The number of nitrogens with one attached hydrogen (secondary N) is 1. The largest absolute Gasteiger partial charge is 0.478 e. The summed E-state index contributed by atoms with van der Waals surface area (Å²) in [5.74, 6) is -1.50. The lowest BCUT2D eigenvalue weighted by atomic mass is 10.3. The van der Waals surface area contributed by atoms with E-state index in [1.54, 1.807) is 0 Å². The molecule has 0 aliphatic rings. The van der Waals surface area contributed by atoms with E-state index in [1.807, 2.05) is 0 Å². The van der Waals surface area contributed by atoms with Gasteiger partial charge in [0.05, 0.1) is 29.8 Å². The Morgan fingerprint density at radius 3 is 2.56 bits per heavy atom. The summed E-state index contributed by atoms with van der Waals surface area (Å²) < 4.78 is 42.7. The van der Waals surface area contributed by atoms with Crippen molar-refractivity contribution in [3.8, 4) is 0 Å². The quantitative estimate of drug-likeness (QED) is 0.734. The van der Waals surface area contributed by atoms with E-state index >= 15 is 0 Å². The lowest BCUT2D eigenvalue weighted by molar-refractivity contribution is -0.182. The summed E-state index contributed by atoms with van der Waals surface area (Å²) in [5.41, 5.74) is 0.313. The van der Waals surface area contributed by atoms with Crippen LogP contribution in [0.15, 0.2) is 24.8 Å². The van der Waals surface area contributed by atoms with E-state index in [0.29, 0.717) is 5.69 Å². The molecule has 2 N–H and O–H groups in total. The standard InChI is InChI=1S/C13H14F3N5O4/c14-13(15,16)7-25-8-21-6-10(4-18-21)19-11(22)1-2-20-5-9(3-17-20)12(23)24/h3-6H,1-2,7-8H2,(H,19,22)(H,23,24). The number of hydrogen-bond acceptors (Lipinski definition) is 5. The number of alkyl halides is 3. The van der Waals surface area contributed by atoms with Gasteiger partial charge < -0.3 is 15.2 Å². The Balaban J connectivity index is 1.75. The van der Waals surface area contributed by atoms with Crippen LogP contribution in [0.25, 0.3) is 0 Å². The molecule has 0 fully saturated rings. The van der Waals surface area contributed by atoms with Crippen molar-refractivity contribution in [3.63, 3.8) is 0 Å². The summed E-state index contributed by atoms with van der Waals surface area (Å²) in [6.45, 7) is -1.63. The van der Waals surface area contributed by atoms with Crippen LogP contribution in [-0.2, 0) is 22.8 Å². The van der Waals surface area contributed by atoms with Gasteiger partial charge in [-0.2, -0.15) is 23.4 Å². The molecule has 1 amide bonds. The Bertz CT molecular complexity index is 740. The number of anilines is 1. The Kier molecular flexibility index (Phi) is 5.75. The van der Waals surface area contributed by atoms with Gasteiger partial charge in [0, 0.05) is 19.2 Å². The van der Waals surface area contributed by atoms with E-state index in [-0.39, 0.29) is 24.4 Å². The maximum atomic E-state index is 12.0. The summed E-state index contributed by atoms with van der Waals surface area (Å²) in [7, 11) is 0. The van der Waals surface area contributed by atoms with Crippen LogP contribution in [0.4, 0.5) is 18.9 Å². The van der Waals surface area contributed by atoms with Crippen molar-refractivity contribution in [1.29, 1.82) is 0 Å². The van der Waals surface area contributed by atoms with Gasteiger partial charge in [-0.15, -0.1) is 0 Å². The smallest absolute Gasteiger partial charge is 0.411 e. The van der Waals surface area contributed by atoms with Crippen LogP contribution < -0.4 is 5.32 Å². The van der Waals surface area contributed by atoms with Crippen molar-refractivity contribution in [2.24, 2.45) is 0 Å². The molecule has 25 heavy (non-hydrogen) atoms. The molecule has 2 aromatic rings. The Morgan fingerprint density at radius 2 is 1.92 bits per heavy atom. The first-order valence-electron chi connectivity index (χ1n) is 6.95. The molecule has 12 heteroatoms. The molecule has 0 unspecified atom stereocenters. The molecule has 0 saturated heterocycles. The minimum Gasteiger partial charge on any atom is -0.478 e. The van der Waals surface area contributed by atoms with E-state index in [4.69, 9.17) is 5.11 Å². The van der Waals surface area contributed by atoms with E-state index in [0.717, 1.165) is 4.68 Å². The zero-order valence-electron chi connectivity index (χ0n) is 12.7. The highest BCUT2D eigenvalue weighted by atomic mass is 19.4. The molecule has 136 valence electrons. The van der Waals surface area contributed by atoms with Gasteiger partial charge in [-0.05, 0) is 0 Å². The van der Waals surface area contributed by atoms with Crippen LogP contribution >= 0.6 is 0 Å². The molecule has 0 aromatic carbocycles. The number of carboxylic acid groups (broad SMARTS) is 1. The van der Waals surface area contributed by atoms with Gasteiger partial charge in [-0.25, -0.2) is 9.48 Å². The van der Waals surface area contributed by atoms with Crippen molar-refractivity contribution >= 4 is 17.6 Å². The zero-order chi connectivity index (χ0) is 18.4. The molecule has 9 nitrogen and oxygen atoms in total. The van der Waals surface area contributed by atoms with E-state index in [9.17, 15) is 22.8 Å². The number of aromatic carboxylic acids is 1. The normalized spacial score (nSPS) is 11.5. The van der Waals surface area contributed by atoms with Gasteiger partial charge in [0.15, 0.2) is 0 Å². The number of carbonyl (C=O) groups is 2. The minimum absolute atomic E-state index is 0.0144. The lowest BCUT2D eigenvalue weighted by Crippen LogP contribution is -2.18. The molecule has 0 bridgehead atoms. The molecule has 2 heterocycles. The highest BCUT2D eigenvalue weighted by Gasteiger charge is 2.27. The van der Waals surface area contributed by atoms with E-state index in [2.05, 4.69) is 20.3 Å². The highest BCUT2D eigenvalue weighted by molar-refractivity contribution is 5.90. The van der Waals surface area contributed by atoms with E-state index in [1.165, 1.54) is 29.5 Å². The molecule has 0 radical (unpaired) electrons. The number of nitrogens with zero attached hydrogens (tertiary/aromatic N) is 4. The topological polar surface area (TPSA) is 111 Å². The number of aromatic nitrogens is 4. The summed E-state index contributed by atoms with van der Waals surface area (Å²) in [5, 5.41) is 18.8. The fourth-order valence-electron chi connectivity index (χ4n) is 1.79. The van der Waals surface area contributed by atoms with Gasteiger partial charge in [-0.1, -0.05) is 0 Å². The van der Waals surface area contributed by atoms with E-state index < -0.39 is 25.5 Å². The number of hydrogen-bond donors (Lipinski definition) is 2. The number of ether oxygens (including phenoxy) is 1. The second-order valence-corrected chi connectivity index (χ2v) is 4.96. The van der Waals surface area contributed by atoms with Crippen LogP contribution in [-0.4, -0.2) is 49.3 Å². The van der Waals surface area contributed by atoms with Crippen LogP contribution in [0.3, 0.4) is 0 Å². The van der Waals surface area contributed by atoms with Crippen molar-refractivity contribution in [3.05, 3.63) is 30.4 Å². The zero-order valence-corrected chi connectivity index (χ0v) is 12.7. The maximum Gasteiger partial charge on any atom is 0.411 e. The monoisotopic (exact) mass is 361 g/mol. The number of carbonyl (C=O) groups excluding carboxylic acids is 1. The molecule has 2 rings (SSSR count). The predicted molar refractivity (Wildman–Crippen MR) is 76.7 cm³/mol. The van der Waals surface area contributed by atoms with Gasteiger partial charge >= 0.3 is 12.1 Å². The summed E-state index contributed by atoms with van der Waals surface area (Å²) >= 11 is 0. The molecular weight excluding hydrogens is 347 g/mol. The first-order chi connectivity index (χ1) is 11.7. The third-order valence-corrected chi connectivity index (χ3v) is 2.85. The molecule has 0 atom stereocenters. The second-order valence-electron chi connectivity index (χ2n) is 4.96. The van der Waals surface area contributed by atoms with Crippen molar-refractivity contribution < 1.29 is 32.6 Å². The average Bonchev–Trinajstić information content (AvgIpc) is 3.13. The number of amides is 1. The Labute approximate surface area is 139 Å². The number of aryl methyl sites for hydroxylation is 1. The molecule has 2 aromatic heterocycles. The first kappa shape index (κ1) is 18.4. The number of rotatable bonds is 8. The molecule has 0 aliphatic heterocycles. The lowest BCUT2D eigenvalue weighted by Gasteiger charge is -2.07.